The summed E-state index contributed by atoms with van der Waals surface area (Å²) in [5, 5.41) is 0. The van der Waals surface area contributed by atoms with Crippen LogP contribution in [0.1, 0.15) is 97.6 Å². The van der Waals surface area contributed by atoms with Gasteiger partial charge in [-0.1, -0.05) is 57.4 Å². The minimum Gasteiger partial charge on any atom is -0.488 e. The summed E-state index contributed by atoms with van der Waals surface area (Å²) in [4.78, 5) is 12.5. The molecule has 1 aliphatic carbocycles. The molecule has 0 radical (unpaired) electrons. The van der Waals surface area contributed by atoms with Gasteiger partial charge in [0.2, 0.25) is 0 Å². The maximum absolute atomic E-state index is 12.5. The number of hydrogen-bond donors (Lipinski definition) is 0. The lowest BCUT2D eigenvalue weighted by Gasteiger charge is -2.39. The summed E-state index contributed by atoms with van der Waals surface area (Å²) in [6.45, 7) is 12.3. The number of ether oxygens (including phenoxy) is 2. The lowest BCUT2D eigenvalue weighted by atomic mass is 9.65. The van der Waals surface area contributed by atoms with E-state index in [0.29, 0.717) is 5.75 Å². The molecule has 0 unspecified atom stereocenters. The zero-order valence-electron chi connectivity index (χ0n) is 20.8. The first-order valence-corrected chi connectivity index (χ1v) is 12.2. The third kappa shape index (κ3) is 5.36. The van der Waals surface area contributed by atoms with Crippen molar-refractivity contribution in [2.45, 2.75) is 97.5 Å². The first-order valence-electron chi connectivity index (χ1n) is 12.2. The number of carbonyl (C=O) groups excluding carboxylic acids is 1. The second kappa shape index (κ2) is 9.68. The molecule has 0 atom stereocenters. The van der Waals surface area contributed by atoms with Gasteiger partial charge in [-0.15, -0.1) is 0 Å². The smallest absolute Gasteiger partial charge is 0.316 e. The summed E-state index contributed by atoms with van der Waals surface area (Å²) < 4.78 is 11.8. The fourth-order valence-corrected chi connectivity index (χ4v) is 4.36. The zero-order chi connectivity index (χ0) is 23.4. The Morgan fingerprint density at radius 2 is 1.28 bits per heavy atom. The Balaban J connectivity index is 1.85. The van der Waals surface area contributed by atoms with E-state index >= 15 is 0 Å². The van der Waals surface area contributed by atoms with Crippen LogP contribution in [-0.2, 0) is 10.2 Å². The second-order valence-electron chi connectivity index (χ2n) is 10.5. The summed E-state index contributed by atoms with van der Waals surface area (Å²) in [6.07, 6.45) is 7.72. The van der Waals surface area contributed by atoms with Crippen LogP contribution < -0.4 is 9.47 Å². The van der Waals surface area contributed by atoms with E-state index in [0.717, 1.165) is 31.4 Å². The highest BCUT2D eigenvalue weighted by atomic mass is 16.5. The predicted molar refractivity (Wildman–Crippen MR) is 131 cm³/mol. The fraction of sp³-hybridized carbons (Fsp3) is 0.552. The summed E-state index contributed by atoms with van der Waals surface area (Å²) in [5.74, 6) is 1.37. The van der Waals surface area contributed by atoms with Crippen molar-refractivity contribution in [3.05, 3.63) is 59.7 Å². The van der Waals surface area contributed by atoms with E-state index in [2.05, 4.69) is 57.2 Å². The fourth-order valence-electron chi connectivity index (χ4n) is 4.36. The number of rotatable bonds is 8. The van der Waals surface area contributed by atoms with Crippen molar-refractivity contribution in [2.24, 2.45) is 5.41 Å². The summed E-state index contributed by atoms with van der Waals surface area (Å²) in [6, 6.07) is 16.9. The van der Waals surface area contributed by atoms with E-state index in [9.17, 15) is 4.79 Å². The standard InChI is InChI=1S/C29H40O3/c1-7-27(3,4)26(30)31-24-16-12-22(13-17-24)29(20-10-9-11-21-29)23-14-18-25(19-15-23)32-28(5,6)8-2/h12-19H,7-11,20-21H2,1-6H3. The highest BCUT2D eigenvalue weighted by molar-refractivity contribution is 5.78. The van der Waals surface area contributed by atoms with Crippen LogP contribution in [0.3, 0.4) is 0 Å². The Kier molecular flexibility index (Phi) is 7.37. The van der Waals surface area contributed by atoms with E-state index in [1.807, 2.05) is 32.9 Å². The van der Waals surface area contributed by atoms with Gasteiger partial charge in [0.15, 0.2) is 0 Å². The lowest BCUT2D eigenvalue weighted by molar-refractivity contribution is -0.144. The van der Waals surface area contributed by atoms with Crippen molar-refractivity contribution in [3.63, 3.8) is 0 Å². The molecule has 0 N–H and O–H groups in total. The number of esters is 1. The van der Waals surface area contributed by atoms with Crippen LogP contribution in [0, 0.1) is 5.41 Å². The molecule has 0 spiro atoms. The van der Waals surface area contributed by atoms with Gasteiger partial charge >= 0.3 is 5.97 Å². The van der Waals surface area contributed by atoms with Gasteiger partial charge in [0.25, 0.3) is 0 Å². The Hall–Kier alpha value is -2.29. The Morgan fingerprint density at radius 3 is 1.75 bits per heavy atom. The lowest BCUT2D eigenvalue weighted by Crippen LogP contribution is -2.31. The topological polar surface area (TPSA) is 35.5 Å². The average Bonchev–Trinajstić information content (AvgIpc) is 2.80. The van der Waals surface area contributed by atoms with E-state index in [1.54, 1.807) is 0 Å². The van der Waals surface area contributed by atoms with Gasteiger partial charge in [-0.3, -0.25) is 4.79 Å². The second-order valence-corrected chi connectivity index (χ2v) is 10.5. The van der Waals surface area contributed by atoms with Crippen LogP contribution in [0.4, 0.5) is 0 Å². The SMILES string of the molecule is CCC(C)(C)Oc1ccc(C2(c3ccc(OC(=O)C(C)(C)CC)cc3)CCCCC2)cc1. The van der Waals surface area contributed by atoms with Crippen LogP contribution in [0.5, 0.6) is 11.5 Å². The normalized spacial score (nSPS) is 16.4. The Bertz CT molecular complexity index is 885. The first-order chi connectivity index (χ1) is 15.1. The van der Waals surface area contributed by atoms with Gasteiger partial charge in [0.1, 0.15) is 17.1 Å². The molecule has 174 valence electrons. The molecule has 3 nitrogen and oxygen atoms in total. The molecule has 3 rings (SSSR count). The molecule has 0 aliphatic heterocycles. The Morgan fingerprint density at radius 1 is 0.781 bits per heavy atom. The van der Waals surface area contributed by atoms with E-state index < -0.39 is 5.41 Å². The van der Waals surface area contributed by atoms with Gasteiger partial charge in [-0.25, -0.2) is 0 Å². The van der Waals surface area contributed by atoms with Gasteiger partial charge in [0, 0.05) is 5.41 Å². The van der Waals surface area contributed by atoms with Crippen LogP contribution in [-0.4, -0.2) is 11.6 Å². The van der Waals surface area contributed by atoms with Crippen molar-refractivity contribution in [2.75, 3.05) is 0 Å². The molecule has 2 aromatic carbocycles. The van der Waals surface area contributed by atoms with Crippen molar-refractivity contribution in [1.82, 2.24) is 0 Å². The minimum atomic E-state index is -0.473. The van der Waals surface area contributed by atoms with Gasteiger partial charge in [0.05, 0.1) is 5.41 Å². The molecule has 2 aromatic rings. The van der Waals surface area contributed by atoms with Gasteiger partial charge in [-0.2, -0.15) is 0 Å². The van der Waals surface area contributed by atoms with Crippen LogP contribution in [0.25, 0.3) is 0 Å². The Labute approximate surface area is 194 Å². The maximum atomic E-state index is 12.5. The van der Waals surface area contributed by atoms with Crippen LogP contribution in [0.15, 0.2) is 48.5 Å². The van der Waals surface area contributed by atoms with Gasteiger partial charge in [-0.05, 0) is 88.8 Å². The number of carbonyl (C=O) groups is 1. The van der Waals surface area contributed by atoms with Crippen LogP contribution >= 0.6 is 0 Å². The van der Waals surface area contributed by atoms with Crippen molar-refractivity contribution < 1.29 is 14.3 Å². The first kappa shape index (κ1) is 24.4. The van der Waals surface area contributed by atoms with E-state index in [4.69, 9.17) is 9.47 Å². The predicted octanol–water partition coefficient (Wildman–Crippen LogP) is 7.85. The molecular weight excluding hydrogens is 396 g/mol. The van der Waals surface area contributed by atoms with Gasteiger partial charge < -0.3 is 9.47 Å². The molecule has 0 heterocycles. The number of benzene rings is 2. The maximum Gasteiger partial charge on any atom is 0.316 e. The molecule has 0 amide bonds. The quantitative estimate of drug-likeness (QED) is 0.312. The van der Waals surface area contributed by atoms with E-state index in [-0.39, 0.29) is 17.0 Å². The highest BCUT2D eigenvalue weighted by Gasteiger charge is 2.36. The molecule has 1 aliphatic rings. The highest BCUT2D eigenvalue weighted by Crippen LogP contribution is 2.45. The minimum absolute atomic E-state index is 0.00226. The van der Waals surface area contributed by atoms with Crippen molar-refractivity contribution in [3.8, 4) is 11.5 Å². The van der Waals surface area contributed by atoms with E-state index in [1.165, 1.54) is 30.4 Å². The summed E-state index contributed by atoms with van der Waals surface area (Å²) in [5.41, 5.74) is 2.01. The molecule has 0 bridgehead atoms. The van der Waals surface area contributed by atoms with Crippen molar-refractivity contribution in [1.29, 1.82) is 0 Å². The third-order valence-electron chi connectivity index (χ3n) is 7.41. The molecule has 1 fully saturated rings. The zero-order valence-corrected chi connectivity index (χ0v) is 20.8. The molecule has 0 saturated heterocycles. The number of hydrogen-bond acceptors (Lipinski definition) is 3. The third-order valence-corrected chi connectivity index (χ3v) is 7.41. The van der Waals surface area contributed by atoms with Crippen LogP contribution in [0.2, 0.25) is 0 Å². The monoisotopic (exact) mass is 436 g/mol. The summed E-state index contributed by atoms with van der Waals surface area (Å²) >= 11 is 0. The average molecular weight is 437 g/mol. The van der Waals surface area contributed by atoms with Crippen molar-refractivity contribution >= 4 is 5.97 Å². The molecule has 0 aromatic heterocycles. The largest absolute Gasteiger partial charge is 0.488 e. The molecule has 32 heavy (non-hydrogen) atoms. The summed E-state index contributed by atoms with van der Waals surface area (Å²) in [7, 11) is 0. The molecule has 1 saturated carbocycles. The molecule has 3 heteroatoms. The molecular formula is C29H40O3.